The molecular weight excluding hydrogens is 366 g/mol. The van der Waals surface area contributed by atoms with Gasteiger partial charge in [-0.15, -0.1) is 0 Å². The van der Waals surface area contributed by atoms with Crippen molar-refractivity contribution in [1.82, 2.24) is 19.5 Å². The number of rotatable bonds is 9. The summed E-state index contributed by atoms with van der Waals surface area (Å²) in [7, 11) is 0. The van der Waals surface area contributed by atoms with Crippen LogP contribution in [-0.4, -0.2) is 36.8 Å². The van der Waals surface area contributed by atoms with Gasteiger partial charge in [0.1, 0.15) is 0 Å². The van der Waals surface area contributed by atoms with Crippen molar-refractivity contribution in [2.24, 2.45) is 0 Å². The first kappa shape index (κ1) is 20.9. The van der Waals surface area contributed by atoms with Gasteiger partial charge in [0.05, 0.1) is 11.9 Å². The van der Waals surface area contributed by atoms with E-state index in [1.807, 2.05) is 30.6 Å². The molecule has 156 valence electrons. The van der Waals surface area contributed by atoms with E-state index in [0.29, 0.717) is 30.9 Å². The summed E-state index contributed by atoms with van der Waals surface area (Å²) in [4.78, 5) is 13.9. The molecule has 0 aliphatic carbocycles. The summed E-state index contributed by atoms with van der Waals surface area (Å²) < 4.78 is 2.11. The number of para-hydroxylation sites is 1. The van der Waals surface area contributed by atoms with Crippen LogP contribution in [0.15, 0.2) is 30.6 Å². The third-order valence-corrected chi connectivity index (χ3v) is 4.94. The molecule has 3 rings (SSSR count). The van der Waals surface area contributed by atoms with E-state index < -0.39 is 5.60 Å². The van der Waals surface area contributed by atoms with E-state index in [1.165, 1.54) is 0 Å². The smallest absolute Gasteiger partial charge is 0.226 e. The van der Waals surface area contributed by atoms with Crippen molar-refractivity contribution in [3.05, 3.63) is 36.2 Å². The van der Waals surface area contributed by atoms with Gasteiger partial charge in [0.15, 0.2) is 17.0 Å². The van der Waals surface area contributed by atoms with Crippen LogP contribution in [-0.2, 0) is 6.54 Å². The van der Waals surface area contributed by atoms with Crippen LogP contribution in [0.1, 0.15) is 52.1 Å². The zero-order chi connectivity index (χ0) is 21.0. The highest BCUT2D eigenvalue weighted by Gasteiger charge is 2.19. The second-order valence-corrected chi connectivity index (χ2v) is 7.91. The Balaban J connectivity index is 1.98. The van der Waals surface area contributed by atoms with Crippen LogP contribution in [0.25, 0.3) is 11.2 Å². The number of benzene rings is 1. The average molecular weight is 398 g/mol. The molecule has 0 atom stereocenters. The van der Waals surface area contributed by atoms with Gasteiger partial charge in [0.2, 0.25) is 5.95 Å². The summed E-state index contributed by atoms with van der Waals surface area (Å²) in [5, 5.41) is 16.6. The largest absolute Gasteiger partial charge is 0.398 e. The van der Waals surface area contributed by atoms with Crippen LogP contribution in [0.3, 0.4) is 0 Å². The third-order valence-electron chi connectivity index (χ3n) is 4.94. The van der Waals surface area contributed by atoms with Gasteiger partial charge in [0, 0.05) is 24.8 Å². The lowest BCUT2D eigenvalue weighted by Crippen LogP contribution is -2.30. The van der Waals surface area contributed by atoms with Gasteiger partial charge in [-0.05, 0) is 38.3 Å². The zero-order valence-electron chi connectivity index (χ0n) is 17.6. The monoisotopic (exact) mass is 397 g/mol. The molecule has 0 aliphatic rings. The summed E-state index contributed by atoms with van der Waals surface area (Å²) in [6.45, 7) is 8.66. The number of imidazole rings is 1. The third kappa shape index (κ3) is 4.95. The minimum Gasteiger partial charge on any atom is -0.398 e. The Hall–Kier alpha value is -2.87. The predicted octanol–water partition coefficient (Wildman–Crippen LogP) is 3.56. The Morgan fingerprint density at radius 3 is 2.52 bits per heavy atom. The molecule has 5 N–H and O–H groups in total. The van der Waals surface area contributed by atoms with Gasteiger partial charge in [-0.3, -0.25) is 0 Å². The van der Waals surface area contributed by atoms with E-state index in [1.54, 1.807) is 13.8 Å². The van der Waals surface area contributed by atoms with Gasteiger partial charge >= 0.3 is 0 Å². The van der Waals surface area contributed by atoms with Crippen molar-refractivity contribution in [1.29, 1.82) is 0 Å². The number of aromatic nitrogens is 4. The number of nitrogens with two attached hydrogens (primary N) is 1. The fraction of sp³-hybridized carbons (Fsp3) is 0.476. The highest BCUT2D eigenvalue weighted by Crippen LogP contribution is 2.27. The Morgan fingerprint density at radius 2 is 1.86 bits per heavy atom. The quantitative estimate of drug-likeness (QED) is 0.408. The molecule has 3 aromatic rings. The molecule has 0 bridgehead atoms. The molecule has 0 saturated heterocycles. The number of nitrogen functional groups attached to an aromatic ring is 1. The minimum atomic E-state index is -0.875. The van der Waals surface area contributed by atoms with Gasteiger partial charge in [-0.2, -0.15) is 9.97 Å². The molecule has 0 aliphatic heterocycles. The summed E-state index contributed by atoms with van der Waals surface area (Å²) in [6, 6.07) is 8.05. The van der Waals surface area contributed by atoms with Crippen LogP contribution >= 0.6 is 0 Å². The highest BCUT2D eigenvalue weighted by molar-refractivity contribution is 5.84. The Labute approximate surface area is 171 Å². The fourth-order valence-corrected chi connectivity index (χ4v) is 3.24. The maximum Gasteiger partial charge on any atom is 0.226 e. The molecule has 2 aromatic heterocycles. The summed E-state index contributed by atoms with van der Waals surface area (Å²) in [5.74, 6) is 1.09. The average Bonchev–Trinajstić information content (AvgIpc) is 3.10. The second-order valence-electron chi connectivity index (χ2n) is 7.91. The molecule has 8 heteroatoms. The van der Waals surface area contributed by atoms with Crippen molar-refractivity contribution in [3.63, 3.8) is 0 Å². The Kier molecular flexibility index (Phi) is 6.22. The number of hydrogen-bond donors (Lipinski definition) is 4. The van der Waals surface area contributed by atoms with Crippen LogP contribution < -0.4 is 16.4 Å². The minimum absolute atomic E-state index is 0.314. The van der Waals surface area contributed by atoms with Crippen molar-refractivity contribution in [2.45, 2.75) is 58.7 Å². The number of hydrogen-bond acceptors (Lipinski definition) is 7. The lowest BCUT2D eigenvalue weighted by molar-refractivity contribution is 0.0943. The van der Waals surface area contributed by atoms with Crippen LogP contribution in [0.2, 0.25) is 0 Å². The molecule has 0 fully saturated rings. The number of anilines is 3. The number of aliphatic hydroxyl groups is 1. The SMILES string of the molecule is CCC(CC)n1cnc2c(NCc3ccccc3N)nc(NCC(C)(C)O)nc21. The molecule has 0 spiro atoms. The lowest BCUT2D eigenvalue weighted by atomic mass is 10.1. The molecule has 0 radical (unpaired) electrons. The van der Waals surface area contributed by atoms with E-state index in [2.05, 4.69) is 39.0 Å². The zero-order valence-corrected chi connectivity index (χ0v) is 17.6. The van der Waals surface area contributed by atoms with Crippen molar-refractivity contribution >= 4 is 28.6 Å². The Bertz CT molecular complexity index is 957. The van der Waals surface area contributed by atoms with Gasteiger partial charge < -0.3 is 26.0 Å². The number of nitrogens with one attached hydrogen (secondary N) is 2. The van der Waals surface area contributed by atoms with Gasteiger partial charge in [-0.25, -0.2) is 4.98 Å². The normalized spacial score (nSPS) is 11.9. The standard InChI is InChI=1S/C21H31N7O/c1-5-15(6-2)28-13-25-17-18(23-11-14-9-7-8-10-16(14)22)26-20(27-19(17)28)24-12-21(3,4)29/h7-10,13,15,29H,5-6,11-12,22H2,1-4H3,(H2,23,24,26,27). The summed E-state index contributed by atoms with van der Waals surface area (Å²) in [5.41, 5.74) is 8.41. The van der Waals surface area contributed by atoms with Crippen LogP contribution in [0, 0.1) is 0 Å². The number of fused-ring (bicyclic) bond motifs is 1. The first-order valence-electron chi connectivity index (χ1n) is 10.1. The van der Waals surface area contributed by atoms with Crippen molar-refractivity contribution < 1.29 is 5.11 Å². The lowest BCUT2D eigenvalue weighted by Gasteiger charge is -2.19. The van der Waals surface area contributed by atoms with Crippen LogP contribution in [0.4, 0.5) is 17.5 Å². The van der Waals surface area contributed by atoms with Crippen molar-refractivity contribution in [2.75, 3.05) is 22.9 Å². The fourth-order valence-electron chi connectivity index (χ4n) is 3.24. The summed E-state index contributed by atoms with van der Waals surface area (Å²) >= 11 is 0. The second kappa shape index (κ2) is 8.65. The molecule has 1 aromatic carbocycles. The van der Waals surface area contributed by atoms with E-state index in [9.17, 15) is 5.11 Å². The molecule has 29 heavy (non-hydrogen) atoms. The predicted molar refractivity (Wildman–Crippen MR) is 118 cm³/mol. The van der Waals surface area contributed by atoms with E-state index in [4.69, 9.17) is 10.7 Å². The maximum absolute atomic E-state index is 10.1. The first-order chi connectivity index (χ1) is 13.8. The molecular formula is C21H31N7O. The summed E-state index contributed by atoms with van der Waals surface area (Å²) in [6.07, 6.45) is 3.81. The van der Waals surface area contributed by atoms with E-state index in [-0.39, 0.29) is 0 Å². The van der Waals surface area contributed by atoms with Gasteiger partial charge in [0.25, 0.3) is 0 Å². The van der Waals surface area contributed by atoms with Crippen molar-refractivity contribution in [3.8, 4) is 0 Å². The Morgan fingerprint density at radius 1 is 1.14 bits per heavy atom. The molecule has 8 nitrogen and oxygen atoms in total. The van der Waals surface area contributed by atoms with Crippen LogP contribution in [0.5, 0.6) is 0 Å². The molecule has 0 unspecified atom stereocenters. The van der Waals surface area contributed by atoms with E-state index in [0.717, 1.165) is 35.3 Å². The first-order valence-corrected chi connectivity index (χ1v) is 10.1. The topological polar surface area (TPSA) is 114 Å². The molecule has 0 amide bonds. The molecule has 0 saturated carbocycles. The maximum atomic E-state index is 10.1. The highest BCUT2D eigenvalue weighted by atomic mass is 16.3. The molecule has 2 heterocycles. The van der Waals surface area contributed by atoms with E-state index >= 15 is 0 Å². The number of nitrogens with zero attached hydrogens (tertiary/aromatic N) is 4. The van der Waals surface area contributed by atoms with Gasteiger partial charge in [-0.1, -0.05) is 32.0 Å².